The van der Waals surface area contributed by atoms with Crippen LogP contribution in [0.15, 0.2) is 28.7 Å². The molecular weight excluding hydrogens is 377 g/mol. The van der Waals surface area contributed by atoms with Gasteiger partial charge in [0.15, 0.2) is 11.3 Å². The lowest BCUT2D eigenvalue weighted by molar-refractivity contribution is 0.0690. The normalized spacial score (nSPS) is 14.3. The Morgan fingerprint density at radius 3 is 2.71 bits per heavy atom. The van der Waals surface area contributed by atoms with E-state index in [0.29, 0.717) is 27.4 Å². The number of benzene rings is 1. The number of rotatable bonds is 3. The third-order valence-electron chi connectivity index (χ3n) is 4.28. The molecule has 122 valence electrons. The zero-order valence-corrected chi connectivity index (χ0v) is 14.3. The molecular formula is C17H13BrFN3O2. The van der Waals surface area contributed by atoms with Gasteiger partial charge >= 0.3 is 5.97 Å². The summed E-state index contributed by atoms with van der Waals surface area (Å²) in [4.78, 5) is 19.9. The Morgan fingerprint density at radius 2 is 2.08 bits per heavy atom. The van der Waals surface area contributed by atoms with Gasteiger partial charge in [0.2, 0.25) is 0 Å². The topological polar surface area (TPSA) is 68.0 Å². The average molecular weight is 390 g/mol. The maximum atomic E-state index is 14.3. The van der Waals surface area contributed by atoms with Crippen molar-refractivity contribution < 1.29 is 14.3 Å². The first-order valence-corrected chi connectivity index (χ1v) is 8.31. The first-order chi connectivity index (χ1) is 11.5. The van der Waals surface area contributed by atoms with E-state index in [1.54, 1.807) is 29.8 Å². The number of carboxylic acids is 1. The summed E-state index contributed by atoms with van der Waals surface area (Å²) in [7, 11) is 1.81. The number of aromatic nitrogens is 3. The minimum absolute atomic E-state index is 0.0228. The number of halogens is 2. The Kier molecular flexibility index (Phi) is 3.42. The standard InChI is InChI=1S/C17H13BrFN3O2/c1-22-14-11(8-2-3-8)7-13(17(23)24)20-15(14)21-16(22)10-5-4-9(18)6-12(10)19/h4-8H,2-3H2,1H3,(H,23,24). The maximum Gasteiger partial charge on any atom is 0.354 e. The highest BCUT2D eigenvalue weighted by atomic mass is 79.9. The molecule has 5 nitrogen and oxygen atoms in total. The first kappa shape index (κ1) is 15.3. The van der Waals surface area contributed by atoms with Crippen LogP contribution in [0.25, 0.3) is 22.6 Å². The molecule has 2 aromatic heterocycles. The molecule has 3 aromatic rings. The van der Waals surface area contributed by atoms with Gasteiger partial charge in [-0.3, -0.25) is 0 Å². The molecule has 0 bridgehead atoms. The summed E-state index contributed by atoms with van der Waals surface area (Å²) < 4.78 is 16.8. The Morgan fingerprint density at radius 1 is 1.33 bits per heavy atom. The summed E-state index contributed by atoms with van der Waals surface area (Å²) in [6, 6.07) is 6.39. The van der Waals surface area contributed by atoms with Crippen LogP contribution < -0.4 is 0 Å². The monoisotopic (exact) mass is 389 g/mol. The smallest absolute Gasteiger partial charge is 0.354 e. The molecule has 1 aromatic carbocycles. The lowest BCUT2D eigenvalue weighted by atomic mass is 10.1. The average Bonchev–Trinajstić information content (AvgIpc) is 3.32. The van der Waals surface area contributed by atoms with Gasteiger partial charge in [0, 0.05) is 11.5 Å². The number of aryl methyl sites for hydroxylation is 1. The van der Waals surface area contributed by atoms with Gasteiger partial charge in [-0.25, -0.2) is 19.2 Å². The van der Waals surface area contributed by atoms with Crippen molar-refractivity contribution in [3.63, 3.8) is 0 Å². The second kappa shape index (κ2) is 5.37. The predicted molar refractivity (Wildman–Crippen MR) is 90.5 cm³/mol. The van der Waals surface area contributed by atoms with Gasteiger partial charge in [0.05, 0.1) is 11.1 Å². The number of hydrogen-bond donors (Lipinski definition) is 1. The van der Waals surface area contributed by atoms with Crippen molar-refractivity contribution in [3.8, 4) is 11.4 Å². The van der Waals surface area contributed by atoms with E-state index in [0.717, 1.165) is 23.9 Å². The lowest BCUT2D eigenvalue weighted by Gasteiger charge is -2.07. The van der Waals surface area contributed by atoms with E-state index < -0.39 is 11.8 Å². The second-order valence-electron chi connectivity index (χ2n) is 5.97. The Labute approximate surface area is 145 Å². The predicted octanol–water partition coefficient (Wildman–Crippen LogP) is 4.11. The molecule has 1 fully saturated rings. The van der Waals surface area contributed by atoms with Crippen molar-refractivity contribution >= 4 is 33.1 Å². The molecule has 0 unspecified atom stereocenters. The molecule has 1 saturated carbocycles. The van der Waals surface area contributed by atoms with E-state index >= 15 is 0 Å². The summed E-state index contributed by atoms with van der Waals surface area (Å²) in [5, 5.41) is 9.28. The van der Waals surface area contributed by atoms with E-state index in [4.69, 9.17) is 0 Å². The number of carbonyl (C=O) groups is 1. The van der Waals surface area contributed by atoms with Crippen LogP contribution in [0.5, 0.6) is 0 Å². The molecule has 0 aliphatic heterocycles. The number of hydrogen-bond acceptors (Lipinski definition) is 3. The zero-order valence-electron chi connectivity index (χ0n) is 12.8. The van der Waals surface area contributed by atoms with Crippen LogP contribution in [0.3, 0.4) is 0 Å². The lowest BCUT2D eigenvalue weighted by Crippen LogP contribution is -2.03. The molecule has 0 radical (unpaired) electrons. The van der Waals surface area contributed by atoms with Gasteiger partial charge in [0.25, 0.3) is 0 Å². The molecule has 4 rings (SSSR count). The summed E-state index contributed by atoms with van der Waals surface area (Å²) in [6.07, 6.45) is 2.04. The molecule has 0 saturated heterocycles. The summed E-state index contributed by atoms with van der Waals surface area (Å²) in [5.41, 5.74) is 2.38. The maximum absolute atomic E-state index is 14.3. The van der Waals surface area contributed by atoms with Crippen molar-refractivity contribution in [2.24, 2.45) is 7.05 Å². The molecule has 0 atom stereocenters. The Hall–Kier alpha value is -2.28. The highest BCUT2D eigenvalue weighted by molar-refractivity contribution is 9.10. The summed E-state index contributed by atoms with van der Waals surface area (Å²) in [5.74, 6) is -0.714. The van der Waals surface area contributed by atoms with Crippen molar-refractivity contribution in [2.75, 3.05) is 0 Å². The molecule has 1 aliphatic rings. The summed E-state index contributed by atoms with van der Waals surface area (Å²) >= 11 is 3.24. The van der Waals surface area contributed by atoms with Crippen molar-refractivity contribution in [3.05, 3.63) is 45.8 Å². The van der Waals surface area contributed by atoms with Crippen LogP contribution in [0.4, 0.5) is 4.39 Å². The van der Waals surface area contributed by atoms with Gasteiger partial charge in [-0.1, -0.05) is 15.9 Å². The second-order valence-corrected chi connectivity index (χ2v) is 6.88. The van der Waals surface area contributed by atoms with E-state index in [-0.39, 0.29) is 5.69 Å². The van der Waals surface area contributed by atoms with Crippen molar-refractivity contribution in [2.45, 2.75) is 18.8 Å². The number of nitrogens with zero attached hydrogens (tertiary/aromatic N) is 3. The minimum atomic E-state index is -1.08. The quantitative estimate of drug-likeness (QED) is 0.731. The van der Waals surface area contributed by atoms with Crippen molar-refractivity contribution in [1.82, 2.24) is 14.5 Å². The first-order valence-electron chi connectivity index (χ1n) is 7.52. The fourth-order valence-corrected chi connectivity index (χ4v) is 3.31. The van der Waals surface area contributed by atoms with Gasteiger partial charge in [0.1, 0.15) is 11.6 Å². The van der Waals surface area contributed by atoms with Crippen LogP contribution >= 0.6 is 15.9 Å². The minimum Gasteiger partial charge on any atom is -0.477 e. The molecule has 1 N–H and O–H groups in total. The zero-order chi connectivity index (χ0) is 17.0. The Bertz CT molecular complexity index is 995. The Balaban J connectivity index is 2.00. The fourth-order valence-electron chi connectivity index (χ4n) is 2.97. The van der Waals surface area contributed by atoms with Gasteiger partial charge in [-0.2, -0.15) is 0 Å². The fraction of sp³-hybridized carbons (Fsp3) is 0.235. The van der Waals surface area contributed by atoms with Gasteiger partial charge in [-0.05, 0) is 48.6 Å². The van der Waals surface area contributed by atoms with E-state index in [1.165, 1.54) is 6.07 Å². The van der Waals surface area contributed by atoms with Crippen LogP contribution in [-0.4, -0.2) is 25.6 Å². The third kappa shape index (κ3) is 2.39. The molecule has 7 heteroatoms. The summed E-state index contributed by atoms with van der Waals surface area (Å²) in [6.45, 7) is 0. The van der Waals surface area contributed by atoms with Crippen LogP contribution in [0.2, 0.25) is 0 Å². The molecule has 0 amide bonds. The van der Waals surface area contributed by atoms with Crippen LogP contribution in [-0.2, 0) is 7.05 Å². The highest BCUT2D eigenvalue weighted by Crippen LogP contribution is 2.43. The number of carboxylic acid groups (broad SMARTS) is 1. The van der Waals surface area contributed by atoms with E-state index in [9.17, 15) is 14.3 Å². The molecule has 24 heavy (non-hydrogen) atoms. The number of fused-ring (bicyclic) bond motifs is 1. The highest BCUT2D eigenvalue weighted by Gasteiger charge is 2.30. The molecule has 2 heterocycles. The van der Waals surface area contributed by atoms with E-state index in [2.05, 4.69) is 25.9 Å². The number of pyridine rings is 1. The van der Waals surface area contributed by atoms with Gasteiger partial charge in [-0.15, -0.1) is 0 Å². The van der Waals surface area contributed by atoms with Crippen LogP contribution in [0.1, 0.15) is 34.8 Å². The van der Waals surface area contributed by atoms with Crippen molar-refractivity contribution in [1.29, 1.82) is 0 Å². The van der Waals surface area contributed by atoms with Gasteiger partial charge < -0.3 is 9.67 Å². The third-order valence-corrected chi connectivity index (χ3v) is 4.77. The molecule has 0 spiro atoms. The van der Waals surface area contributed by atoms with Crippen LogP contribution in [0, 0.1) is 5.82 Å². The number of aromatic carboxylic acids is 1. The largest absolute Gasteiger partial charge is 0.477 e. The van der Waals surface area contributed by atoms with E-state index in [1.807, 2.05) is 0 Å². The number of imidazole rings is 1. The SMILES string of the molecule is Cn1c(-c2ccc(Br)cc2F)nc2nc(C(=O)O)cc(C3CC3)c21. The molecule has 1 aliphatic carbocycles.